The molecule has 0 radical (unpaired) electrons. The minimum atomic E-state index is -0.561. The van der Waals surface area contributed by atoms with Gasteiger partial charge in [-0.3, -0.25) is 0 Å². The number of benzene rings is 1. The smallest absolute Gasteiger partial charge is 0.169 e. The van der Waals surface area contributed by atoms with Gasteiger partial charge in [0.15, 0.2) is 11.6 Å². The molecule has 0 atom stereocenters. The molecule has 15 heavy (non-hydrogen) atoms. The summed E-state index contributed by atoms with van der Waals surface area (Å²) in [6.45, 7) is 1.74. The lowest BCUT2D eigenvalue weighted by molar-refractivity contribution is 0.408. The Morgan fingerprint density at radius 3 is 2.67 bits per heavy atom. The van der Waals surface area contributed by atoms with E-state index in [9.17, 15) is 9.50 Å². The lowest BCUT2D eigenvalue weighted by Crippen LogP contribution is -2.27. The maximum atomic E-state index is 13.7. The Morgan fingerprint density at radius 2 is 2.00 bits per heavy atom. The molecule has 0 amide bonds. The van der Waals surface area contributed by atoms with Gasteiger partial charge < -0.3 is 10.4 Å². The molecule has 1 aliphatic heterocycles. The number of aromatic hydroxyl groups is 1. The van der Waals surface area contributed by atoms with Crippen LogP contribution in [-0.4, -0.2) is 18.2 Å². The number of hydrogen-bond acceptors (Lipinski definition) is 2. The monoisotopic (exact) mass is 229 g/mol. The van der Waals surface area contributed by atoms with E-state index in [-0.39, 0.29) is 11.7 Å². The third kappa shape index (κ3) is 2.08. The number of hydrogen-bond donors (Lipinski definition) is 2. The highest BCUT2D eigenvalue weighted by Crippen LogP contribution is 2.36. The van der Waals surface area contributed by atoms with Crippen LogP contribution in [0.25, 0.3) is 0 Å². The maximum Gasteiger partial charge on any atom is 0.169 e. The highest BCUT2D eigenvalue weighted by molar-refractivity contribution is 6.31. The Bertz CT molecular complexity index is 364. The van der Waals surface area contributed by atoms with Gasteiger partial charge in [-0.15, -0.1) is 0 Å². The molecule has 1 aromatic carbocycles. The molecule has 2 N–H and O–H groups in total. The lowest BCUT2D eigenvalue weighted by Gasteiger charge is -2.24. The van der Waals surface area contributed by atoms with Crippen molar-refractivity contribution in [3.8, 4) is 5.75 Å². The van der Waals surface area contributed by atoms with E-state index in [1.165, 1.54) is 6.07 Å². The molecule has 4 heteroatoms. The lowest BCUT2D eigenvalue weighted by atomic mass is 9.89. The summed E-state index contributed by atoms with van der Waals surface area (Å²) in [7, 11) is 0. The zero-order valence-corrected chi connectivity index (χ0v) is 9.02. The Kier molecular flexibility index (Phi) is 3.12. The molecule has 1 saturated heterocycles. The summed E-state index contributed by atoms with van der Waals surface area (Å²) in [5, 5.41) is 12.9. The normalized spacial score (nSPS) is 18.0. The zero-order valence-electron chi connectivity index (χ0n) is 8.26. The third-order valence-electron chi connectivity index (χ3n) is 2.85. The average molecular weight is 230 g/mol. The molecule has 1 heterocycles. The summed E-state index contributed by atoms with van der Waals surface area (Å²) in [4.78, 5) is 0. The van der Waals surface area contributed by atoms with E-state index < -0.39 is 5.82 Å². The molecule has 0 aliphatic carbocycles. The number of piperidine rings is 1. The van der Waals surface area contributed by atoms with Crippen molar-refractivity contribution < 1.29 is 9.50 Å². The molecule has 82 valence electrons. The molecule has 1 aliphatic rings. The predicted molar refractivity (Wildman–Crippen MR) is 57.9 cm³/mol. The van der Waals surface area contributed by atoms with Crippen molar-refractivity contribution in [3.05, 3.63) is 28.5 Å². The summed E-state index contributed by atoms with van der Waals surface area (Å²) in [5.74, 6) is -0.756. The number of phenols is 1. The van der Waals surface area contributed by atoms with E-state index in [0.29, 0.717) is 10.6 Å². The van der Waals surface area contributed by atoms with E-state index in [1.54, 1.807) is 6.07 Å². The quantitative estimate of drug-likeness (QED) is 0.776. The van der Waals surface area contributed by atoms with Crippen LogP contribution in [0.15, 0.2) is 12.1 Å². The van der Waals surface area contributed by atoms with Gasteiger partial charge in [0.25, 0.3) is 0 Å². The average Bonchev–Trinajstić information content (AvgIpc) is 2.26. The fourth-order valence-electron chi connectivity index (χ4n) is 2.04. The topological polar surface area (TPSA) is 32.3 Å². The van der Waals surface area contributed by atoms with Gasteiger partial charge in [-0.1, -0.05) is 11.6 Å². The van der Waals surface area contributed by atoms with Crippen LogP contribution >= 0.6 is 11.6 Å². The fourth-order valence-corrected chi connectivity index (χ4v) is 2.34. The van der Waals surface area contributed by atoms with Crippen molar-refractivity contribution in [2.24, 2.45) is 0 Å². The van der Waals surface area contributed by atoms with E-state index in [2.05, 4.69) is 5.32 Å². The van der Waals surface area contributed by atoms with Crippen LogP contribution in [0.4, 0.5) is 4.39 Å². The minimum Gasteiger partial charge on any atom is -0.505 e. The van der Waals surface area contributed by atoms with Gasteiger partial charge in [-0.2, -0.15) is 0 Å². The first-order chi connectivity index (χ1) is 7.20. The van der Waals surface area contributed by atoms with Crippen molar-refractivity contribution in [2.75, 3.05) is 13.1 Å². The van der Waals surface area contributed by atoms with Crippen LogP contribution in [0, 0.1) is 5.82 Å². The second-order valence-electron chi connectivity index (χ2n) is 3.82. The summed E-state index contributed by atoms with van der Waals surface area (Å²) in [6, 6.07) is 2.85. The molecular formula is C11H13ClFNO. The number of rotatable bonds is 1. The van der Waals surface area contributed by atoms with Gasteiger partial charge in [0.2, 0.25) is 0 Å². The first-order valence-electron chi connectivity index (χ1n) is 5.07. The van der Waals surface area contributed by atoms with Gasteiger partial charge in [0, 0.05) is 10.6 Å². The molecular weight excluding hydrogens is 217 g/mol. The van der Waals surface area contributed by atoms with Crippen molar-refractivity contribution >= 4 is 11.6 Å². The number of nitrogens with one attached hydrogen (secondary N) is 1. The Balaban J connectivity index is 2.36. The molecule has 0 spiro atoms. The molecule has 2 nitrogen and oxygen atoms in total. The van der Waals surface area contributed by atoms with E-state index in [4.69, 9.17) is 11.6 Å². The largest absolute Gasteiger partial charge is 0.505 e. The molecule has 0 bridgehead atoms. The molecule has 2 rings (SSSR count). The summed E-state index contributed by atoms with van der Waals surface area (Å²) >= 11 is 5.96. The van der Waals surface area contributed by atoms with Crippen molar-refractivity contribution in [2.45, 2.75) is 18.8 Å². The Morgan fingerprint density at radius 1 is 1.33 bits per heavy atom. The number of phenolic OH excluding ortho intramolecular Hbond substituents is 1. The fraction of sp³-hybridized carbons (Fsp3) is 0.455. The number of halogens is 2. The SMILES string of the molecule is Oc1ccc(Cl)c(C2CCNCC2)c1F. The van der Waals surface area contributed by atoms with Gasteiger partial charge in [0.1, 0.15) is 0 Å². The van der Waals surface area contributed by atoms with Gasteiger partial charge in [-0.05, 0) is 44.0 Å². The van der Waals surface area contributed by atoms with E-state index >= 15 is 0 Å². The minimum absolute atomic E-state index is 0.117. The van der Waals surface area contributed by atoms with Crippen LogP contribution in [0.5, 0.6) is 5.75 Å². The molecule has 0 saturated carbocycles. The first kappa shape index (κ1) is 10.7. The van der Waals surface area contributed by atoms with Gasteiger partial charge in [0.05, 0.1) is 0 Å². The predicted octanol–water partition coefficient (Wildman–Crippen LogP) is 2.65. The molecule has 0 aromatic heterocycles. The van der Waals surface area contributed by atoms with Crippen molar-refractivity contribution in [1.29, 1.82) is 0 Å². The standard InChI is InChI=1S/C11H13ClFNO/c12-8-1-2-9(15)11(13)10(8)7-3-5-14-6-4-7/h1-2,7,14-15H,3-6H2. The van der Waals surface area contributed by atoms with Crippen molar-refractivity contribution in [1.82, 2.24) is 5.32 Å². The van der Waals surface area contributed by atoms with E-state index in [1.807, 2.05) is 0 Å². The first-order valence-corrected chi connectivity index (χ1v) is 5.45. The van der Waals surface area contributed by atoms with Gasteiger partial charge in [-0.25, -0.2) is 4.39 Å². The Hall–Kier alpha value is -0.800. The maximum absolute atomic E-state index is 13.7. The molecule has 1 fully saturated rings. The summed E-state index contributed by atoms with van der Waals surface area (Å²) < 4.78 is 13.7. The van der Waals surface area contributed by atoms with Crippen LogP contribution in [0.1, 0.15) is 24.3 Å². The van der Waals surface area contributed by atoms with Crippen LogP contribution in [0.3, 0.4) is 0 Å². The summed E-state index contributed by atoms with van der Waals surface area (Å²) in [6.07, 6.45) is 1.72. The third-order valence-corrected chi connectivity index (χ3v) is 3.18. The molecule has 1 aromatic rings. The Labute approximate surface area is 93.1 Å². The van der Waals surface area contributed by atoms with Crippen LogP contribution < -0.4 is 5.32 Å². The van der Waals surface area contributed by atoms with Crippen molar-refractivity contribution in [3.63, 3.8) is 0 Å². The molecule has 0 unspecified atom stereocenters. The van der Waals surface area contributed by atoms with Crippen LogP contribution in [0.2, 0.25) is 5.02 Å². The van der Waals surface area contributed by atoms with Gasteiger partial charge >= 0.3 is 0 Å². The van der Waals surface area contributed by atoms with E-state index in [0.717, 1.165) is 25.9 Å². The highest BCUT2D eigenvalue weighted by Gasteiger charge is 2.23. The summed E-state index contributed by atoms with van der Waals surface area (Å²) in [5.41, 5.74) is 0.471. The zero-order chi connectivity index (χ0) is 10.8. The second-order valence-corrected chi connectivity index (χ2v) is 4.23. The van der Waals surface area contributed by atoms with Crippen LogP contribution in [-0.2, 0) is 0 Å². The highest BCUT2D eigenvalue weighted by atomic mass is 35.5. The second kappa shape index (κ2) is 4.37.